The summed E-state index contributed by atoms with van der Waals surface area (Å²) in [5, 5.41) is 16.3. The number of aliphatic carboxylic acids is 1. The summed E-state index contributed by atoms with van der Waals surface area (Å²) in [6, 6.07) is -1.84. The number of rotatable bonds is 10. The van der Waals surface area contributed by atoms with Crippen molar-refractivity contribution in [1.82, 2.24) is 16.0 Å². The van der Waals surface area contributed by atoms with Crippen molar-refractivity contribution in [3.8, 4) is 0 Å². The van der Waals surface area contributed by atoms with Crippen molar-refractivity contribution in [2.45, 2.75) is 46.2 Å². The second-order valence-electron chi connectivity index (χ2n) is 5.98. The van der Waals surface area contributed by atoms with E-state index in [0.29, 0.717) is 6.42 Å². The van der Waals surface area contributed by atoms with E-state index in [4.69, 9.17) is 10.8 Å². The van der Waals surface area contributed by atoms with Crippen molar-refractivity contribution in [1.29, 1.82) is 0 Å². The Kier molecular flexibility index (Phi) is 9.63. The molecule has 0 rings (SSSR count). The second kappa shape index (κ2) is 10.6. The Hall–Kier alpha value is -2.16. The Morgan fingerprint density at radius 1 is 1.00 bits per heavy atom. The predicted molar refractivity (Wildman–Crippen MR) is 87.9 cm³/mol. The summed E-state index contributed by atoms with van der Waals surface area (Å²) in [6.45, 7) is 6.38. The summed E-state index contributed by atoms with van der Waals surface area (Å²) >= 11 is 0. The molecule has 0 aliphatic rings. The molecule has 3 amide bonds. The van der Waals surface area contributed by atoms with Crippen LogP contribution in [0.4, 0.5) is 0 Å². The van der Waals surface area contributed by atoms with Crippen molar-refractivity contribution < 1.29 is 24.3 Å². The zero-order valence-electron chi connectivity index (χ0n) is 14.6. The Morgan fingerprint density at radius 3 is 1.96 bits per heavy atom. The van der Waals surface area contributed by atoms with Crippen LogP contribution in [-0.4, -0.2) is 54.0 Å². The molecule has 0 aromatic carbocycles. The fourth-order valence-electron chi connectivity index (χ4n) is 1.95. The van der Waals surface area contributed by atoms with Crippen LogP contribution in [0.2, 0.25) is 0 Å². The largest absolute Gasteiger partial charge is 0.480 e. The lowest BCUT2D eigenvalue weighted by Crippen LogP contribution is -2.54. The van der Waals surface area contributed by atoms with Crippen molar-refractivity contribution in [2.24, 2.45) is 17.6 Å². The molecule has 6 N–H and O–H groups in total. The highest BCUT2D eigenvalue weighted by Crippen LogP contribution is 2.08. The SMILES string of the molecule is CCC(C)C(NC(=O)CN)C(=O)NCC(=O)NC(C(=O)O)C(C)C. The topological polar surface area (TPSA) is 151 Å². The van der Waals surface area contributed by atoms with Crippen LogP contribution in [0.25, 0.3) is 0 Å². The van der Waals surface area contributed by atoms with Gasteiger partial charge in [0.1, 0.15) is 12.1 Å². The third-order valence-electron chi connectivity index (χ3n) is 3.67. The van der Waals surface area contributed by atoms with Gasteiger partial charge in [-0.3, -0.25) is 14.4 Å². The van der Waals surface area contributed by atoms with Crippen molar-refractivity contribution >= 4 is 23.7 Å². The lowest BCUT2D eigenvalue weighted by Gasteiger charge is -2.23. The zero-order valence-corrected chi connectivity index (χ0v) is 14.6. The molecule has 24 heavy (non-hydrogen) atoms. The van der Waals surface area contributed by atoms with E-state index in [1.807, 2.05) is 6.92 Å². The van der Waals surface area contributed by atoms with Gasteiger partial charge in [0.2, 0.25) is 17.7 Å². The maximum absolute atomic E-state index is 12.2. The van der Waals surface area contributed by atoms with Gasteiger partial charge in [0.05, 0.1) is 13.1 Å². The minimum absolute atomic E-state index is 0.147. The fourth-order valence-corrected chi connectivity index (χ4v) is 1.95. The van der Waals surface area contributed by atoms with E-state index >= 15 is 0 Å². The molecule has 0 aliphatic carbocycles. The number of nitrogens with one attached hydrogen (secondary N) is 3. The highest BCUT2D eigenvalue weighted by molar-refractivity contribution is 5.92. The van der Waals surface area contributed by atoms with Crippen molar-refractivity contribution in [2.75, 3.05) is 13.1 Å². The number of carboxylic acid groups (broad SMARTS) is 1. The number of hydrogen-bond donors (Lipinski definition) is 5. The van der Waals surface area contributed by atoms with Gasteiger partial charge in [0.15, 0.2) is 0 Å². The van der Waals surface area contributed by atoms with E-state index in [1.165, 1.54) is 0 Å². The normalized spacial score (nSPS) is 14.4. The predicted octanol–water partition coefficient (Wildman–Crippen LogP) is -1.18. The minimum Gasteiger partial charge on any atom is -0.480 e. The molecule has 3 atom stereocenters. The van der Waals surface area contributed by atoms with Crippen LogP contribution in [0.15, 0.2) is 0 Å². The van der Waals surface area contributed by atoms with Crippen molar-refractivity contribution in [3.63, 3.8) is 0 Å². The average molecular weight is 344 g/mol. The fraction of sp³-hybridized carbons (Fsp3) is 0.733. The van der Waals surface area contributed by atoms with Crippen LogP contribution < -0.4 is 21.7 Å². The summed E-state index contributed by atoms with van der Waals surface area (Å²) in [5.41, 5.74) is 5.23. The molecule has 0 aromatic heterocycles. The molecule has 0 heterocycles. The summed E-state index contributed by atoms with van der Waals surface area (Å²) in [6.07, 6.45) is 0.642. The highest BCUT2D eigenvalue weighted by atomic mass is 16.4. The maximum atomic E-state index is 12.2. The molecular formula is C15H28N4O5. The van der Waals surface area contributed by atoms with Gasteiger partial charge < -0.3 is 26.8 Å². The molecule has 0 radical (unpaired) electrons. The first kappa shape index (κ1) is 21.8. The molecule has 9 heteroatoms. The lowest BCUT2D eigenvalue weighted by atomic mass is 9.98. The monoisotopic (exact) mass is 344 g/mol. The van der Waals surface area contributed by atoms with Gasteiger partial charge in [0, 0.05) is 0 Å². The van der Waals surface area contributed by atoms with Crippen LogP contribution >= 0.6 is 0 Å². The summed E-state index contributed by atoms with van der Waals surface area (Å²) in [7, 11) is 0. The van der Waals surface area contributed by atoms with Crippen LogP contribution in [0, 0.1) is 11.8 Å². The Balaban J connectivity index is 4.68. The molecule has 0 saturated heterocycles. The number of hydrogen-bond acceptors (Lipinski definition) is 5. The van der Waals surface area contributed by atoms with Gasteiger partial charge in [-0.25, -0.2) is 4.79 Å². The number of carbonyl (C=O) groups excluding carboxylic acids is 3. The minimum atomic E-state index is -1.14. The van der Waals surface area contributed by atoms with E-state index in [1.54, 1.807) is 20.8 Å². The summed E-state index contributed by atoms with van der Waals surface area (Å²) in [4.78, 5) is 46.5. The quantitative estimate of drug-likeness (QED) is 0.336. The molecular weight excluding hydrogens is 316 g/mol. The molecule has 0 saturated carbocycles. The Bertz CT molecular complexity index is 467. The average Bonchev–Trinajstić information content (AvgIpc) is 2.53. The first-order valence-corrected chi connectivity index (χ1v) is 7.93. The molecule has 138 valence electrons. The molecule has 0 spiro atoms. The first-order valence-electron chi connectivity index (χ1n) is 7.93. The smallest absolute Gasteiger partial charge is 0.326 e. The van der Waals surface area contributed by atoms with E-state index in [2.05, 4.69) is 16.0 Å². The number of carboxylic acids is 1. The van der Waals surface area contributed by atoms with Crippen molar-refractivity contribution in [3.05, 3.63) is 0 Å². The number of carbonyl (C=O) groups is 4. The number of amides is 3. The van der Waals surface area contributed by atoms with E-state index < -0.39 is 35.8 Å². The Morgan fingerprint density at radius 2 is 1.54 bits per heavy atom. The van der Waals surface area contributed by atoms with Gasteiger partial charge in [-0.15, -0.1) is 0 Å². The van der Waals surface area contributed by atoms with Gasteiger partial charge in [-0.1, -0.05) is 34.1 Å². The molecule has 0 bridgehead atoms. The van der Waals surface area contributed by atoms with E-state index in [0.717, 1.165) is 0 Å². The Labute approximate surface area is 141 Å². The van der Waals surface area contributed by atoms with Crippen LogP contribution in [0.1, 0.15) is 34.1 Å². The summed E-state index contributed by atoms with van der Waals surface area (Å²) in [5.74, 6) is -3.18. The summed E-state index contributed by atoms with van der Waals surface area (Å²) < 4.78 is 0. The van der Waals surface area contributed by atoms with Gasteiger partial charge in [-0.05, 0) is 11.8 Å². The lowest BCUT2D eigenvalue weighted by molar-refractivity contribution is -0.143. The second-order valence-corrected chi connectivity index (χ2v) is 5.98. The molecule has 9 nitrogen and oxygen atoms in total. The molecule has 0 aliphatic heterocycles. The third-order valence-corrected chi connectivity index (χ3v) is 3.67. The first-order chi connectivity index (χ1) is 11.1. The van der Waals surface area contributed by atoms with Gasteiger partial charge >= 0.3 is 5.97 Å². The third kappa shape index (κ3) is 7.40. The number of nitrogens with two attached hydrogens (primary N) is 1. The molecule has 0 aromatic rings. The van der Waals surface area contributed by atoms with Crippen LogP contribution in [-0.2, 0) is 19.2 Å². The maximum Gasteiger partial charge on any atom is 0.326 e. The molecule has 3 unspecified atom stereocenters. The van der Waals surface area contributed by atoms with Gasteiger partial charge in [-0.2, -0.15) is 0 Å². The zero-order chi connectivity index (χ0) is 18.9. The van der Waals surface area contributed by atoms with Crippen LogP contribution in [0.3, 0.4) is 0 Å². The van der Waals surface area contributed by atoms with Crippen LogP contribution in [0.5, 0.6) is 0 Å². The standard InChI is InChI=1S/C15H28N4O5/c1-5-9(4)13(18-10(20)6-16)14(22)17-7-11(21)19-12(8(2)3)15(23)24/h8-9,12-13H,5-7,16H2,1-4H3,(H,17,22)(H,18,20)(H,19,21)(H,23,24). The highest BCUT2D eigenvalue weighted by Gasteiger charge is 2.27. The van der Waals surface area contributed by atoms with E-state index in [9.17, 15) is 19.2 Å². The molecule has 0 fully saturated rings. The van der Waals surface area contributed by atoms with E-state index in [-0.39, 0.29) is 24.9 Å². The van der Waals surface area contributed by atoms with Gasteiger partial charge in [0.25, 0.3) is 0 Å².